The molecule has 2 aromatic carbocycles. The van der Waals surface area contributed by atoms with E-state index in [1.807, 2.05) is 24.8 Å². The second-order valence-corrected chi connectivity index (χ2v) is 8.46. The molecule has 0 bridgehead atoms. The van der Waals surface area contributed by atoms with Gasteiger partial charge in [-0.2, -0.15) is 5.26 Å². The summed E-state index contributed by atoms with van der Waals surface area (Å²) < 4.78 is 5.81. The van der Waals surface area contributed by atoms with E-state index < -0.39 is 11.8 Å². The molecule has 2 unspecified atom stereocenters. The lowest BCUT2D eigenvalue weighted by Crippen LogP contribution is -2.47. The van der Waals surface area contributed by atoms with Gasteiger partial charge in [0.2, 0.25) is 0 Å². The fourth-order valence-corrected chi connectivity index (χ4v) is 4.53. The molecule has 1 fully saturated rings. The Morgan fingerprint density at radius 2 is 1.65 bits per heavy atom. The van der Waals surface area contributed by atoms with Gasteiger partial charge in [-0.1, -0.05) is 29.3 Å². The van der Waals surface area contributed by atoms with Crippen molar-refractivity contribution in [1.29, 1.82) is 5.26 Å². The van der Waals surface area contributed by atoms with Crippen molar-refractivity contribution >= 4 is 46.3 Å². The molecule has 31 heavy (non-hydrogen) atoms. The number of ether oxygens (including phenoxy) is 1. The van der Waals surface area contributed by atoms with E-state index in [0.717, 1.165) is 4.90 Å². The van der Waals surface area contributed by atoms with Gasteiger partial charge in [-0.05, 0) is 50.2 Å². The van der Waals surface area contributed by atoms with E-state index in [9.17, 15) is 9.59 Å². The van der Waals surface area contributed by atoms with E-state index in [-0.39, 0.29) is 22.8 Å². The van der Waals surface area contributed by atoms with Crippen LogP contribution in [0.1, 0.15) is 25.0 Å². The highest BCUT2D eigenvalue weighted by molar-refractivity contribution is 6.47. The second kappa shape index (κ2) is 8.35. The number of nitriles is 1. The van der Waals surface area contributed by atoms with Gasteiger partial charge in [0.15, 0.2) is 0 Å². The van der Waals surface area contributed by atoms with E-state index in [0.29, 0.717) is 40.6 Å². The maximum atomic E-state index is 13.6. The zero-order valence-electron chi connectivity index (χ0n) is 16.9. The van der Waals surface area contributed by atoms with E-state index in [4.69, 9.17) is 33.2 Å². The maximum absolute atomic E-state index is 13.6. The van der Waals surface area contributed by atoms with Gasteiger partial charge < -0.3 is 9.64 Å². The monoisotopic (exact) mass is 455 g/mol. The Bertz CT molecular complexity index is 1130. The van der Waals surface area contributed by atoms with E-state index in [1.165, 1.54) is 0 Å². The number of nitrogens with zero attached hydrogens (tertiary/aromatic N) is 3. The van der Waals surface area contributed by atoms with Crippen LogP contribution >= 0.6 is 23.2 Å². The van der Waals surface area contributed by atoms with E-state index in [1.54, 1.807) is 42.5 Å². The van der Waals surface area contributed by atoms with Crippen LogP contribution in [-0.4, -0.2) is 42.0 Å². The second-order valence-electron chi connectivity index (χ2n) is 7.61. The molecule has 2 heterocycles. The number of rotatable bonds is 3. The summed E-state index contributed by atoms with van der Waals surface area (Å²) in [6, 6.07) is 13.2. The Morgan fingerprint density at radius 1 is 1.00 bits per heavy atom. The molecule has 1 saturated heterocycles. The highest BCUT2D eigenvalue weighted by Crippen LogP contribution is 2.39. The summed E-state index contributed by atoms with van der Waals surface area (Å²) in [6.07, 6.45) is -0.213. The minimum Gasteiger partial charge on any atom is -0.372 e. The van der Waals surface area contributed by atoms with Crippen LogP contribution in [0.2, 0.25) is 10.0 Å². The Balaban J connectivity index is 1.85. The SMILES string of the molecule is CC1CN(C2=C(c3ccc(Cl)cc3Cl)C(=O)N(c3ccc(C#N)cc3)C2=O)CC(C)O1. The summed E-state index contributed by atoms with van der Waals surface area (Å²) in [5.74, 6) is -0.905. The van der Waals surface area contributed by atoms with Crippen molar-refractivity contribution in [3.05, 3.63) is 69.3 Å². The fraction of sp³-hybridized carbons (Fsp3) is 0.261. The summed E-state index contributed by atoms with van der Waals surface area (Å²) in [7, 11) is 0. The highest BCUT2D eigenvalue weighted by Gasteiger charge is 2.44. The number of hydrogen-bond donors (Lipinski definition) is 0. The van der Waals surface area contributed by atoms with Crippen LogP contribution in [0, 0.1) is 11.3 Å². The third kappa shape index (κ3) is 3.92. The first-order chi connectivity index (χ1) is 14.8. The van der Waals surface area contributed by atoms with Crippen LogP contribution in [-0.2, 0) is 14.3 Å². The summed E-state index contributed by atoms with van der Waals surface area (Å²) >= 11 is 12.5. The molecule has 0 radical (unpaired) electrons. The topological polar surface area (TPSA) is 73.6 Å². The third-order valence-corrected chi connectivity index (χ3v) is 5.80. The first-order valence-corrected chi connectivity index (χ1v) is 10.5. The third-order valence-electron chi connectivity index (χ3n) is 5.25. The predicted octanol–water partition coefficient (Wildman–Crippen LogP) is 4.26. The Hall–Kier alpha value is -2.85. The maximum Gasteiger partial charge on any atom is 0.282 e. The molecule has 6 nitrogen and oxygen atoms in total. The zero-order chi connectivity index (χ0) is 22.3. The van der Waals surface area contributed by atoms with Gasteiger partial charge in [0.05, 0.1) is 40.1 Å². The lowest BCUT2D eigenvalue weighted by Gasteiger charge is -2.37. The fourth-order valence-electron chi connectivity index (χ4n) is 4.03. The smallest absolute Gasteiger partial charge is 0.282 e. The van der Waals surface area contributed by atoms with Crippen molar-refractivity contribution in [3.8, 4) is 6.07 Å². The van der Waals surface area contributed by atoms with Crippen molar-refractivity contribution in [2.24, 2.45) is 0 Å². The van der Waals surface area contributed by atoms with Crippen molar-refractivity contribution in [3.63, 3.8) is 0 Å². The quantitative estimate of drug-likeness (QED) is 0.646. The van der Waals surface area contributed by atoms with Gasteiger partial charge in [0.25, 0.3) is 11.8 Å². The summed E-state index contributed by atoms with van der Waals surface area (Å²) in [6.45, 7) is 4.79. The van der Waals surface area contributed by atoms with Gasteiger partial charge in [-0.15, -0.1) is 0 Å². The van der Waals surface area contributed by atoms with Crippen molar-refractivity contribution < 1.29 is 14.3 Å². The first-order valence-electron chi connectivity index (χ1n) is 9.79. The molecule has 2 aliphatic heterocycles. The lowest BCUT2D eigenvalue weighted by atomic mass is 10.0. The number of halogens is 2. The van der Waals surface area contributed by atoms with Gasteiger partial charge in [0, 0.05) is 23.7 Å². The molecule has 2 aromatic rings. The van der Waals surface area contributed by atoms with Gasteiger partial charge in [-0.3, -0.25) is 9.59 Å². The molecule has 8 heteroatoms. The van der Waals surface area contributed by atoms with Crippen LogP contribution in [0.3, 0.4) is 0 Å². The number of imide groups is 1. The molecule has 2 atom stereocenters. The summed E-state index contributed by atoms with van der Waals surface area (Å²) in [4.78, 5) is 30.2. The summed E-state index contributed by atoms with van der Waals surface area (Å²) in [5.41, 5.74) is 1.80. The number of morpholine rings is 1. The Kier molecular flexibility index (Phi) is 5.76. The molecule has 158 valence electrons. The standard InChI is InChI=1S/C23H19Cl2N3O3/c1-13-11-27(12-14(2)31-13)21-20(18-8-5-16(24)9-19(18)25)22(29)28(23(21)30)17-6-3-15(10-26)4-7-17/h3-9,13-14H,11-12H2,1-2H3. The lowest BCUT2D eigenvalue weighted by molar-refractivity contribution is -0.121. The van der Waals surface area contributed by atoms with Crippen LogP contribution in [0.15, 0.2) is 48.2 Å². The van der Waals surface area contributed by atoms with E-state index >= 15 is 0 Å². The molecule has 0 aliphatic carbocycles. The minimum absolute atomic E-state index is 0.106. The number of hydrogen-bond acceptors (Lipinski definition) is 5. The number of carbonyl (C=O) groups is 2. The van der Waals surface area contributed by atoms with Gasteiger partial charge in [0.1, 0.15) is 5.70 Å². The molecule has 2 aliphatic rings. The average molecular weight is 456 g/mol. The Labute approximate surface area is 190 Å². The number of anilines is 1. The predicted molar refractivity (Wildman–Crippen MR) is 119 cm³/mol. The largest absolute Gasteiger partial charge is 0.372 e. The Morgan fingerprint density at radius 3 is 2.23 bits per heavy atom. The molecular formula is C23H19Cl2N3O3. The molecule has 2 amide bonds. The van der Waals surface area contributed by atoms with Crippen molar-refractivity contribution in [2.45, 2.75) is 26.1 Å². The normalized spacial score (nSPS) is 21.6. The van der Waals surface area contributed by atoms with E-state index in [2.05, 4.69) is 0 Å². The molecule has 0 spiro atoms. The highest BCUT2D eigenvalue weighted by atomic mass is 35.5. The van der Waals surface area contributed by atoms with Crippen LogP contribution in [0.5, 0.6) is 0 Å². The van der Waals surface area contributed by atoms with Gasteiger partial charge >= 0.3 is 0 Å². The summed E-state index contributed by atoms with van der Waals surface area (Å²) in [5, 5.41) is 9.78. The number of benzene rings is 2. The molecule has 0 saturated carbocycles. The van der Waals surface area contributed by atoms with Crippen LogP contribution in [0.25, 0.3) is 5.57 Å². The number of carbonyl (C=O) groups excluding carboxylic acids is 2. The average Bonchev–Trinajstić information content (AvgIpc) is 2.97. The molecule has 0 N–H and O–H groups in total. The number of amides is 2. The van der Waals surface area contributed by atoms with Crippen molar-refractivity contribution in [2.75, 3.05) is 18.0 Å². The van der Waals surface area contributed by atoms with Crippen LogP contribution in [0.4, 0.5) is 5.69 Å². The zero-order valence-corrected chi connectivity index (χ0v) is 18.4. The van der Waals surface area contributed by atoms with Gasteiger partial charge in [-0.25, -0.2) is 4.90 Å². The minimum atomic E-state index is -0.472. The molecular weight excluding hydrogens is 437 g/mol. The molecule has 0 aromatic heterocycles. The van der Waals surface area contributed by atoms with Crippen LogP contribution < -0.4 is 4.90 Å². The molecule has 4 rings (SSSR count). The first kappa shape index (κ1) is 21.4. The van der Waals surface area contributed by atoms with Crippen molar-refractivity contribution in [1.82, 2.24) is 4.90 Å².